The van der Waals surface area contributed by atoms with Gasteiger partial charge in [0.2, 0.25) is 0 Å². The van der Waals surface area contributed by atoms with E-state index >= 15 is 0 Å². The Morgan fingerprint density at radius 3 is 2.54 bits per heavy atom. The first-order chi connectivity index (χ1) is 11.7. The number of carbonyl (C=O) groups excluding carboxylic acids is 2. The molecule has 3 amide bonds. The summed E-state index contributed by atoms with van der Waals surface area (Å²) >= 11 is 0. The van der Waals surface area contributed by atoms with Crippen molar-refractivity contribution in [3.8, 4) is 6.07 Å². The minimum absolute atomic E-state index is 0.00699. The summed E-state index contributed by atoms with van der Waals surface area (Å²) in [6.45, 7) is 2.22. The number of fused-ring (bicyclic) bond motifs is 1. The summed E-state index contributed by atoms with van der Waals surface area (Å²) in [6, 6.07) is 5.35. The molecule has 4 heterocycles. The van der Waals surface area contributed by atoms with E-state index in [1.54, 1.807) is 17.2 Å². The van der Waals surface area contributed by atoms with Crippen molar-refractivity contribution >= 4 is 17.8 Å². The molecule has 3 saturated heterocycles. The molecule has 3 fully saturated rings. The summed E-state index contributed by atoms with van der Waals surface area (Å²) in [7, 11) is 0. The van der Waals surface area contributed by atoms with Crippen molar-refractivity contribution in [3.05, 3.63) is 23.9 Å². The van der Waals surface area contributed by atoms with Crippen molar-refractivity contribution in [1.29, 1.82) is 5.26 Å². The largest absolute Gasteiger partial charge is 0.356 e. The van der Waals surface area contributed by atoms with Gasteiger partial charge in [-0.15, -0.1) is 0 Å². The molecule has 24 heavy (non-hydrogen) atoms. The Balaban J connectivity index is 1.42. The average Bonchev–Trinajstić information content (AvgIpc) is 3.20. The lowest BCUT2D eigenvalue weighted by Gasteiger charge is -2.36. The van der Waals surface area contributed by atoms with Crippen LogP contribution in [0.25, 0.3) is 0 Å². The van der Waals surface area contributed by atoms with E-state index in [4.69, 9.17) is 5.26 Å². The maximum absolute atomic E-state index is 12.5. The lowest BCUT2D eigenvalue weighted by atomic mass is 10.0. The zero-order valence-electron chi connectivity index (χ0n) is 13.4. The lowest BCUT2D eigenvalue weighted by molar-refractivity contribution is -0.129. The van der Waals surface area contributed by atoms with E-state index in [2.05, 4.69) is 16.0 Å². The monoisotopic (exact) mass is 325 g/mol. The number of carbonyl (C=O) groups is 2. The molecule has 3 aliphatic rings. The van der Waals surface area contributed by atoms with E-state index in [0.29, 0.717) is 12.1 Å². The highest BCUT2D eigenvalue weighted by Gasteiger charge is 2.50. The average molecular weight is 325 g/mol. The number of urea groups is 1. The number of piperidine rings is 1. The molecule has 7 nitrogen and oxygen atoms in total. The van der Waals surface area contributed by atoms with Crippen molar-refractivity contribution < 1.29 is 9.59 Å². The fourth-order valence-corrected chi connectivity index (χ4v) is 3.97. The first kappa shape index (κ1) is 14.9. The molecule has 0 aliphatic carbocycles. The molecule has 0 bridgehead atoms. The summed E-state index contributed by atoms with van der Waals surface area (Å²) in [6.07, 6.45) is 4.83. The van der Waals surface area contributed by atoms with E-state index in [9.17, 15) is 9.59 Å². The van der Waals surface area contributed by atoms with Crippen LogP contribution >= 0.6 is 0 Å². The molecule has 1 atom stereocenters. The second kappa shape index (κ2) is 5.78. The van der Waals surface area contributed by atoms with Crippen LogP contribution in [0.5, 0.6) is 0 Å². The minimum Gasteiger partial charge on any atom is -0.356 e. The highest BCUT2D eigenvalue weighted by atomic mass is 16.2. The van der Waals surface area contributed by atoms with Crippen LogP contribution in [0.3, 0.4) is 0 Å². The Hall–Kier alpha value is -2.62. The van der Waals surface area contributed by atoms with Gasteiger partial charge in [-0.3, -0.25) is 9.69 Å². The van der Waals surface area contributed by atoms with Gasteiger partial charge in [0.25, 0.3) is 5.91 Å². The second-order valence-electron chi connectivity index (χ2n) is 6.58. The van der Waals surface area contributed by atoms with Crippen LogP contribution in [0.4, 0.5) is 10.6 Å². The third kappa shape index (κ3) is 2.30. The molecule has 4 rings (SSSR count). The van der Waals surface area contributed by atoms with Gasteiger partial charge in [0.15, 0.2) is 0 Å². The number of rotatable bonds is 2. The molecule has 0 aromatic carbocycles. The summed E-state index contributed by atoms with van der Waals surface area (Å²) in [5.74, 6) is 0.833. The first-order valence-corrected chi connectivity index (χ1v) is 8.44. The van der Waals surface area contributed by atoms with E-state index in [0.717, 1.165) is 44.6 Å². The third-order valence-corrected chi connectivity index (χ3v) is 5.26. The summed E-state index contributed by atoms with van der Waals surface area (Å²) in [4.78, 5) is 34.7. The molecule has 3 aliphatic heterocycles. The summed E-state index contributed by atoms with van der Waals surface area (Å²) in [5, 5.41) is 8.84. The fraction of sp³-hybridized carbons (Fsp3) is 0.529. The number of anilines is 1. The first-order valence-electron chi connectivity index (χ1n) is 8.44. The number of hydrogen-bond acceptors (Lipinski definition) is 5. The summed E-state index contributed by atoms with van der Waals surface area (Å²) in [5.41, 5.74) is 0.544. The van der Waals surface area contributed by atoms with Gasteiger partial charge in [0, 0.05) is 31.9 Å². The van der Waals surface area contributed by atoms with Gasteiger partial charge in [0.1, 0.15) is 17.9 Å². The van der Waals surface area contributed by atoms with Crippen LogP contribution < -0.4 is 4.90 Å². The topological polar surface area (TPSA) is 80.5 Å². The van der Waals surface area contributed by atoms with Crippen LogP contribution in [0.1, 0.15) is 31.2 Å². The molecule has 0 spiro atoms. The second-order valence-corrected chi connectivity index (χ2v) is 6.58. The fourth-order valence-electron chi connectivity index (χ4n) is 3.97. The molecule has 0 unspecified atom stereocenters. The predicted octanol–water partition coefficient (Wildman–Crippen LogP) is 1.35. The smallest absolute Gasteiger partial charge is 0.327 e. The van der Waals surface area contributed by atoms with Crippen LogP contribution in [0.2, 0.25) is 0 Å². The Kier molecular flexibility index (Phi) is 3.60. The Bertz CT molecular complexity index is 681. The molecular weight excluding hydrogens is 306 g/mol. The number of aromatic nitrogens is 1. The van der Waals surface area contributed by atoms with E-state index in [1.165, 1.54) is 4.90 Å². The number of imide groups is 1. The highest BCUT2D eigenvalue weighted by molar-refractivity contribution is 6.04. The van der Waals surface area contributed by atoms with Gasteiger partial charge in [-0.2, -0.15) is 5.26 Å². The number of pyridine rings is 1. The molecule has 1 aromatic heterocycles. The van der Waals surface area contributed by atoms with Gasteiger partial charge in [-0.25, -0.2) is 9.78 Å². The lowest BCUT2D eigenvalue weighted by Crippen LogP contribution is -2.48. The molecule has 124 valence electrons. The minimum atomic E-state index is -0.212. The van der Waals surface area contributed by atoms with Crippen molar-refractivity contribution in [2.24, 2.45) is 0 Å². The Morgan fingerprint density at radius 1 is 1.12 bits per heavy atom. The van der Waals surface area contributed by atoms with Crippen molar-refractivity contribution in [3.63, 3.8) is 0 Å². The molecule has 7 heteroatoms. The Morgan fingerprint density at radius 2 is 1.92 bits per heavy atom. The predicted molar refractivity (Wildman–Crippen MR) is 86.2 cm³/mol. The van der Waals surface area contributed by atoms with Crippen LogP contribution in [0, 0.1) is 11.3 Å². The zero-order valence-corrected chi connectivity index (χ0v) is 13.4. The maximum Gasteiger partial charge on any atom is 0.327 e. The number of nitrogens with zero attached hydrogens (tertiary/aromatic N) is 5. The van der Waals surface area contributed by atoms with Crippen LogP contribution in [0.15, 0.2) is 18.3 Å². The highest BCUT2D eigenvalue weighted by Crippen LogP contribution is 2.31. The SMILES string of the molecule is N#Cc1ccc(N2CCC(N3C(=O)[C@H]4CCCN4C3=O)CC2)nc1. The third-order valence-electron chi connectivity index (χ3n) is 5.26. The molecule has 1 aromatic rings. The quantitative estimate of drug-likeness (QED) is 0.767. The number of amides is 3. The number of nitriles is 1. The number of hydrogen-bond donors (Lipinski definition) is 0. The molecule has 0 saturated carbocycles. The van der Waals surface area contributed by atoms with Gasteiger partial charge in [0.05, 0.1) is 5.56 Å². The van der Waals surface area contributed by atoms with Crippen LogP contribution in [-0.2, 0) is 4.79 Å². The van der Waals surface area contributed by atoms with Gasteiger partial charge in [-0.05, 0) is 37.8 Å². The molecular formula is C17H19N5O2. The molecule has 0 N–H and O–H groups in total. The normalized spacial score (nSPS) is 24.5. The summed E-state index contributed by atoms with van der Waals surface area (Å²) < 4.78 is 0. The Labute approximate surface area is 140 Å². The van der Waals surface area contributed by atoms with Crippen LogP contribution in [-0.4, -0.2) is 58.4 Å². The standard InChI is InChI=1S/C17H19N5O2/c18-10-12-3-4-15(19-11-12)20-8-5-13(6-9-20)22-16(23)14-2-1-7-21(14)17(22)24/h3-4,11,13-14H,1-2,5-9H2/t14-/m1/s1. The maximum atomic E-state index is 12.5. The van der Waals surface area contributed by atoms with Gasteiger partial charge in [-0.1, -0.05) is 0 Å². The van der Waals surface area contributed by atoms with Crippen molar-refractivity contribution in [1.82, 2.24) is 14.8 Å². The molecule has 0 radical (unpaired) electrons. The van der Waals surface area contributed by atoms with Crippen molar-refractivity contribution in [2.75, 3.05) is 24.5 Å². The zero-order chi connectivity index (χ0) is 16.7. The van der Waals surface area contributed by atoms with Crippen molar-refractivity contribution in [2.45, 2.75) is 37.8 Å². The van der Waals surface area contributed by atoms with E-state index in [1.807, 2.05) is 6.07 Å². The van der Waals surface area contributed by atoms with E-state index in [-0.39, 0.29) is 24.0 Å². The van der Waals surface area contributed by atoms with Gasteiger partial charge < -0.3 is 9.80 Å². The van der Waals surface area contributed by atoms with E-state index < -0.39 is 0 Å². The van der Waals surface area contributed by atoms with Gasteiger partial charge >= 0.3 is 6.03 Å².